The topological polar surface area (TPSA) is 86.6 Å². The molecule has 0 aromatic carbocycles. The van der Waals surface area contributed by atoms with Crippen molar-refractivity contribution in [3.8, 4) is 0 Å². The molecule has 0 spiro atoms. The first kappa shape index (κ1) is 41.0. The fourth-order valence-corrected chi connectivity index (χ4v) is 5.02. The molecule has 0 heterocycles. The fourth-order valence-electron chi connectivity index (χ4n) is 5.02. The van der Waals surface area contributed by atoms with Crippen molar-refractivity contribution in [2.75, 3.05) is 6.61 Å². The molecule has 0 aromatic rings. The normalized spacial score (nSPS) is 13.6. The van der Waals surface area contributed by atoms with Crippen LogP contribution in [0.1, 0.15) is 162 Å². The number of nitrogens with one attached hydrogen (secondary N) is 1. The lowest BCUT2D eigenvalue weighted by atomic mass is 10.0. The summed E-state index contributed by atoms with van der Waals surface area (Å²) in [5, 5.41) is 22.8. The summed E-state index contributed by atoms with van der Waals surface area (Å²) in [7, 11) is 0. The molecule has 1 amide bonds. The molecule has 2 atom stereocenters. The van der Waals surface area contributed by atoms with Crippen molar-refractivity contribution in [2.24, 2.45) is 0 Å². The van der Waals surface area contributed by atoms with Gasteiger partial charge in [-0.2, -0.15) is 0 Å². The van der Waals surface area contributed by atoms with Gasteiger partial charge in [-0.05, 0) is 44.6 Å². The number of carbonyl (C=O) groups excluding carboxylic acids is 2. The largest absolute Gasteiger partial charge is 0.394 e. The summed E-state index contributed by atoms with van der Waals surface area (Å²) in [6, 6.07) is -0.651. The number of hydrogen-bond donors (Lipinski definition) is 3. The van der Waals surface area contributed by atoms with Crippen LogP contribution in [0.25, 0.3) is 0 Å². The number of aliphatic hydroxyl groups excluding tert-OH is 2. The second kappa shape index (κ2) is 32.9. The van der Waals surface area contributed by atoms with Gasteiger partial charge in [-0.25, -0.2) is 0 Å². The third-order valence-corrected chi connectivity index (χ3v) is 7.82. The van der Waals surface area contributed by atoms with Gasteiger partial charge in [0.15, 0.2) is 5.78 Å². The Morgan fingerprint density at radius 1 is 0.628 bits per heavy atom. The number of amides is 1. The molecule has 0 fully saturated rings. The quantitative estimate of drug-likeness (QED) is 0.0319. The van der Waals surface area contributed by atoms with Gasteiger partial charge in [0.1, 0.15) is 0 Å². The van der Waals surface area contributed by atoms with E-state index in [1.165, 1.54) is 89.9 Å². The zero-order chi connectivity index (χ0) is 31.6. The van der Waals surface area contributed by atoms with E-state index in [2.05, 4.69) is 43.5 Å². The molecule has 5 heteroatoms. The minimum atomic E-state index is -0.750. The maximum atomic E-state index is 12.3. The molecular formula is C38H67NO4. The predicted octanol–water partition coefficient (Wildman–Crippen LogP) is 9.63. The number of hydrogen-bond acceptors (Lipinski definition) is 4. The lowest BCUT2D eigenvalue weighted by Crippen LogP contribution is -2.45. The molecule has 0 radical (unpaired) electrons. The molecule has 0 unspecified atom stereocenters. The molecule has 0 saturated heterocycles. The molecule has 5 nitrogen and oxygen atoms in total. The maximum absolute atomic E-state index is 12.3. The van der Waals surface area contributed by atoms with E-state index in [4.69, 9.17) is 0 Å². The highest BCUT2D eigenvalue weighted by Gasteiger charge is 2.20. The van der Waals surface area contributed by atoms with Crippen molar-refractivity contribution in [2.45, 2.75) is 174 Å². The van der Waals surface area contributed by atoms with Gasteiger partial charge in [-0.1, -0.05) is 153 Å². The van der Waals surface area contributed by atoms with Crippen LogP contribution in [-0.2, 0) is 9.59 Å². The standard InChI is InChI=1S/C38H67NO4/c1-3-5-7-9-11-13-15-17-19-21-23-25-27-30-35(41)31-29-33-38(43)39-36(34-40)37(42)32-28-26-24-22-20-18-16-14-12-10-8-6-4-2/h11,13,17,19,23,25,27,30,36-37,40,42H,3-10,12,14-16,18,20-22,24,26,28-29,31-34H2,1-2H3,(H,39,43)/b13-11-,19-17-,25-23-,30-27+/t36-,37+/m0/s1. The zero-order valence-corrected chi connectivity index (χ0v) is 28.0. The van der Waals surface area contributed by atoms with E-state index in [0.29, 0.717) is 19.3 Å². The van der Waals surface area contributed by atoms with Crippen molar-refractivity contribution in [1.82, 2.24) is 5.32 Å². The van der Waals surface area contributed by atoms with Gasteiger partial charge in [0.2, 0.25) is 5.91 Å². The van der Waals surface area contributed by atoms with Gasteiger partial charge in [0.05, 0.1) is 18.8 Å². The predicted molar refractivity (Wildman–Crippen MR) is 184 cm³/mol. The molecule has 43 heavy (non-hydrogen) atoms. The number of aliphatic hydroxyl groups is 2. The van der Waals surface area contributed by atoms with Crippen LogP contribution in [0.3, 0.4) is 0 Å². The van der Waals surface area contributed by atoms with Gasteiger partial charge >= 0.3 is 0 Å². The Bertz CT molecular complexity index is 755. The average Bonchev–Trinajstić information content (AvgIpc) is 3.00. The summed E-state index contributed by atoms with van der Waals surface area (Å²) in [6.45, 7) is 4.19. The van der Waals surface area contributed by atoms with E-state index in [1.54, 1.807) is 12.2 Å². The highest BCUT2D eigenvalue weighted by molar-refractivity contribution is 5.90. The summed E-state index contributed by atoms with van der Waals surface area (Å²) in [5.41, 5.74) is 0. The van der Waals surface area contributed by atoms with Gasteiger partial charge in [0.25, 0.3) is 0 Å². The van der Waals surface area contributed by atoms with Crippen LogP contribution in [0.5, 0.6) is 0 Å². The van der Waals surface area contributed by atoms with Crippen LogP contribution >= 0.6 is 0 Å². The van der Waals surface area contributed by atoms with E-state index in [9.17, 15) is 19.8 Å². The van der Waals surface area contributed by atoms with E-state index >= 15 is 0 Å². The molecule has 0 bridgehead atoms. The second-order valence-corrected chi connectivity index (χ2v) is 12.0. The highest BCUT2D eigenvalue weighted by atomic mass is 16.3. The Morgan fingerprint density at radius 2 is 1.16 bits per heavy atom. The van der Waals surface area contributed by atoms with Crippen molar-refractivity contribution in [3.05, 3.63) is 48.6 Å². The smallest absolute Gasteiger partial charge is 0.220 e. The number of rotatable bonds is 31. The zero-order valence-electron chi connectivity index (χ0n) is 28.0. The first-order valence-electron chi connectivity index (χ1n) is 17.8. The molecule has 0 rings (SSSR count). The number of carbonyl (C=O) groups is 2. The lowest BCUT2D eigenvalue weighted by Gasteiger charge is -2.22. The van der Waals surface area contributed by atoms with Gasteiger partial charge < -0.3 is 15.5 Å². The average molecular weight is 602 g/mol. The van der Waals surface area contributed by atoms with Crippen LogP contribution in [0, 0.1) is 0 Å². The van der Waals surface area contributed by atoms with Crippen LogP contribution in [-0.4, -0.2) is 40.7 Å². The van der Waals surface area contributed by atoms with E-state index in [-0.39, 0.29) is 24.7 Å². The molecule has 0 aliphatic heterocycles. The van der Waals surface area contributed by atoms with Crippen molar-refractivity contribution in [3.63, 3.8) is 0 Å². The van der Waals surface area contributed by atoms with Crippen LogP contribution in [0.15, 0.2) is 48.6 Å². The summed E-state index contributed by atoms with van der Waals surface area (Å²) < 4.78 is 0. The Kier molecular flexibility index (Phi) is 31.4. The SMILES string of the molecule is CCCCC/C=C\C/C=C\C/C=C\C=C\C(=O)CCCC(=O)N[C@@H](CO)[C@H](O)CCCCCCCCCCCCCCC. The maximum Gasteiger partial charge on any atom is 0.220 e. The van der Waals surface area contributed by atoms with E-state index < -0.39 is 12.1 Å². The van der Waals surface area contributed by atoms with Crippen molar-refractivity contribution >= 4 is 11.7 Å². The van der Waals surface area contributed by atoms with Gasteiger partial charge in [-0.15, -0.1) is 0 Å². The molecule has 0 aliphatic rings. The molecule has 0 aliphatic carbocycles. The Hall–Kier alpha value is -1.98. The van der Waals surface area contributed by atoms with E-state index in [0.717, 1.165) is 32.1 Å². The van der Waals surface area contributed by atoms with Gasteiger partial charge in [-0.3, -0.25) is 9.59 Å². The summed E-state index contributed by atoms with van der Waals surface area (Å²) in [4.78, 5) is 24.3. The first-order valence-corrected chi connectivity index (χ1v) is 17.8. The number of unbranched alkanes of at least 4 members (excludes halogenated alkanes) is 15. The number of allylic oxidation sites excluding steroid dienone is 8. The summed E-state index contributed by atoms with van der Waals surface area (Å²) >= 11 is 0. The van der Waals surface area contributed by atoms with Gasteiger partial charge in [0, 0.05) is 12.8 Å². The van der Waals surface area contributed by atoms with E-state index in [1.807, 2.05) is 12.2 Å². The van der Waals surface area contributed by atoms with Crippen LogP contribution < -0.4 is 5.32 Å². The lowest BCUT2D eigenvalue weighted by molar-refractivity contribution is -0.123. The third-order valence-electron chi connectivity index (χ3n) is 7.82. The second-order valence-electron chi connectivity index (χ2n) is 12.0. The Morgan fingerprint density at radius 3 is 1.77 bits per heavy atom. The Labute approximate surface area is 265 Å². The van der Waals surface area contributed by atoms with Crippen molar-refractivity contribution in [1.29, 1.82) is 0 Å². The fraction of sp³-hybridized carbons (Fsp3) is 0.737. The summed E-state index contributed by atoms with van der Waals surface area (Å²) in [5.74, 6) is -0.245. The first-order chi connectivity index (χ1) is 21.0. The minimum Gasteiger partial charge on any atom is -0.394 e. The molecule has 3 N–H and O–H groups in total. The minimum absolute atomic E-state index is 0.0117. The molecule has 248 valence electrons. The number of ketones is 1. The molecule has 0 aromatic heterocycles. The molecule has 0 saturated carbocycles. The third kappa shape index (κ3) is 29.9. The summed E-state index contributed by atoms with van der Waals surface area (Å²) in [6.07, 6.45) is 40.0. The monoisotopic (exact) mass is 602 g/mol. The Balaban J connectivity index is 3.85. The highest BCUT2D eigenvalue weighted by Crippen LogP contribution is 2.14. The van der Waals surface area contributed by atoms with Crippen LogP contribution in [0.4, 0.5) is 0 Å². The van der Waals surface area contributed by atoms with Crippen LogP contribution in [0.2, 0.25) is 0 Å². The van der Waals surface area contributed by atoms with Crippen molar-refractivity contribution < 1.29 is 19.8 Å². The molecular weight excluding hydrogens is 534 g/mol.